The molecule has 1 atom stereocenters. The first-order chi connectivity index (χ1) is 9.58. The van der Waals surface area contributed by atoms with Crippen molar-refractivity contribution in [3.05, 3.63) is 34.7 Å². The van der Waals surface area contributed by atoms with Gasteiger partial charge >= 0.3 is 6.03 Å². The van der Waals surface area contributed by atoms with Crippen LogP contribution < -0.4 is 10.6 Å². The summed E-state index contributed by atoms with van der Waals surface area (Å²) < 4.78 is 2.87. The van der Waals surface area contributed by atoms with Crippen molar-refractivity contribution in [3.63, 3.8) is 0 Å². The van der Waals surface area contributed by atoms with Gasteiger partial charge in [0.2, 0.25) is 0 Å². The van der Waals surface area contributed by atoms with E-state index < -0.39 is 0 Å². The molecule has 2 heterocycles. The van der Waals surface area contributed by atoms with E-state index in [1.165, 1.54) is 0 Å². The molecule has 0 fully saturated rings. The number of carbonyl (C=O) groups is 1. The number of hydrogen-bond acceptors (Lipinski definition) is 3. The monoisotopic (exact) mass is 340 g/mol. The van der Waals surface area contributed by atoms with Gasteiger partial charge in [-0.15, -0.1) is 0 Å². The Labute approximate surface area is 125 Å². The number of nitrogens with one attached hydrogen (secondary N) is 2. The lowest BCUT2D eigenvalue weighted by Crippen LogP contribution is -2.40. The van der Waals surface area contributed by atoms with Gasteiger partial charge in [0.25, 0.3) is 0 Å². The summed E-state index contributed by atoms with van der Waals surface area (Å²) in [7, 11) is 0. The zero-order chi connectivity index (χ0) is 14.5. The second-order valence-corrected chi connectivity index (χ2v) is 5.50. The maximum absolute atomic E-state index is 11.6. The molecule has 20 heavy (non-hydrogen) atoms. The molecule has 0 bridgehead atoms. The Hall–Kier alpha value is -1.60. The van der Waals surface area contributed by atoms with Crippen LogP contribution in [0.1, 0.15) is 19.0 Å². The molecule has 0 aliphatic rings. The molecular formula is C13H17BrN4O2. The van der Waals surface area contributed by atoms with Gasteiger partial charge < -0.3 is 20.1 Å². The first kappa shape index (κ1) is 14.8. The van der Waals surface area contributed by atoms with Gasteiger partial charge in [0.05, 0.1) is 12.2 Å². The highest BCUT2D eigenvalue weighted by Crippen LogP contribution is 2.12. The van der Waals surface area contributed by atoms with Gasteiger partial charge in [0, 0.05) is 29.5 Å². The lowest BCUT2D eigenvalue weighted by molar-refractivity contribution is 0.230. The van der Waals surface area contributed by atoms with Crippen molar-refractivity contribution < 1.29 is 9.90 Å². The SMILES string of the molecule is C[C@H](CCO)NC(=O)NCc1cn2cc(Br)ccc2n1. The molecule has 0 aromatic carbocycles. The highest BCUT2D eigenvalue weighted by atomic mass is 79.9. The van der Waals surface area contributed by atoms with Crippen LogP contribution in [0, 0.1) is 0 Å². The largest absolute Gasteiger partial charge is 0.396 e. The summed E-state index contributed by atoms with van der Waals surface area (Å²) in [6, 6.07) is 3.50. The first-order valence-electron chi connectivity index (χ1n) is 6.37. The second-order valence-electron chi connectivity index (χ2n) is 4.59. The molecule has 2 amide bonds. The van der Waals surface area contributed by atoms with E-state index in [0.29, 0.717) is 13.0 Å². The van der Waals surface area contributed by atoms with E-state index in [0.717, 1.165) is 15.8 Å². The Kier molecular flexibility index (Phi) is 4.97. The number of urea groups is 1. The van der Waals surface area contributed by atoms with Crippen molar-refractivity contribution in [2.75, 3.05) is 6.61 Å². The summed E-state index contributed by atoms with van der Waals surface area (Å²) in [4.78, 5) is 16.0. The number of aliphatic hydroxyl groups excluding tert-OH is 1. The highest BCUT2D eigenvalue weighted by molar-refractivity contribution is 9.10. The minimum absolute atomic E-state index is 0.0583. The predicted octanol–water partition coefficient (Wildman–Crippen LogP) is 1.67. The van der Waals surface area contributed by atoms with Gasteiger partial charge in [0.1, 0.15) is 5.65 Å². The van der Waals surface area contributed by atoms with Gasteiger partial charge in [-0.1, -0.05) is 0 Å². The van der Waals surface area contributed by atoms with Gasteiger partial charge in [0.15, 0.2) is 0 Å². The number of imidazole rings is 1. The van der Waals surface area contributed by atoms with Crippen molar-refractivity contribution in [2.45, 2.75) is 25.9 Å². The normalized spacial score (nSPS) is 12.3. The molecule has 2 aromatic heterocycles. The molecule has 3 N–H and O–H groups in total. The number of hydrogen-bond donors (Lipinski definition) is 3. The average molecular weight is 341 g/mol. The Balaban J connectivity index is 1.90. The van der Waals surface area contributed by atoms with Crippen LogP contribution in [0.2, 0.25) is 0 Å². The Morgan fingerprint density at radius 1 is 1.50 bits per heavy atom. The van der Waals surface area contributed by atoms with E-state index in [2.05, 4.69) is 31.5 Å². The summed E-state index contributed by atoms with van der Waals surface area (Å²) in [6.45, 7) is 2.26. The number of nitrogens with zero attached hydrogens (tertiary/aromatic N) is 2. The maximum atomic E-state index is 11.6. The summed E-state index contributed by atoms with van der Waals surface area (Å²) >= 11 is 3.40. The van der Waals surface area contributed by atoms with Crippen LogP contribution in [0.5, 0.6) is 0 Å². The van der Waals surface area contributed by atoms with Gasteiger partial charge in [-0.2, -0.15) is 0 Å². The van der Waals surface area contributed by atoms with Gasteiger partial charge in [-0.25, -0.2) is 9.78 Å². The molecule has 0 radical (unpaired) electrons. The quantitative estimate of drug-likeness (QED) is 0.774. The molecule has 2 rings (SSSR count). The maximum Gasteiger partial charge on any atom is 0.315 e. The van der Waals surface area contributed by atoms with Crippen LogP contribution in [-0.4, -0.2) is 33.2 Å². The summed E-state index contributed by atoms with van der Waals surface area (Å²) in [5.74, 6) is 0. The van der Waals surface area contributed by atoms with Crippen molar-refractivity contribution in [1.29, 1.82) is 0 Å². The van der Waals surface area contributed by atoms with E-state index in [1.54, 1.807) is 0 Å². The van der Waals surface area contributed by atoms with Crippen LogP contribution >= 0.6 is 15.9 Å². The van der Waals surface area contributed by atoms with E-state index >= 15 is 0 Å². The van der Waals surface area contributed by atoms with E-state index in [-0.39, 0.29) is 18.7 Å². The zero-order valence-corrected chi connectivity index (χ0v) is 12.7. The zero-order valence-electron chi connectivity index (χ0n) is 11.1. The number of aliphatic hydroxyl groups is 1. The summed E-state index contributed by atoms with van der Waals surface area (Å²) in [5, 5.41) is 14.3. The third-order valence-electron chi connectivity index (χ3n) is 2.83. The number of pyridine rings is 1. The fourth-order valence-electron chi connectivity index (χ4n) is 1.81. The first-order valence-corrected chi connectivity index (χ1v) is 7.16. The fraction of sp³-hybridized carbons (Fsp3) is 0.385. The van der Waals surface area contributed by atoms with E-state index in [4.69, 9.17) is 5.11 Å². The molecular weight excluding hydrogens is 324 g/mol. The van der Waals surface area contributed by atoms with Crippen molar-refractivity contribution >= 4 is 27.6 Å². The summed E-state index contributed by atoms with van der Waals surface area (Å²) in [5.41, 5.74) is 1.62. The molecule has 0 unspecified atom stereocenters. The predicted molar refractivity (Wildman–Crippen MR) is 79.4 cm³/mol. The molecule has 2 aromatic rings. The number of halogens is 1. The Morgan fingerprint density at radius 3 is 3.05 bits per heavy atom. The lowest BCUT2D eigenvalue weighted by Gasteiger charge is -2.12. The van der Waals surface area contributed by atoms with Gasteiger partial charge in [-0.05, 0) is 41.4 Å². The average Bonchev–Trinajstić information content (AvgIpc) is 2.78. The van der Waals surface area contributed by atoms with E-state index in [1.807, 2.05) is 35.9 Å². The van der Waals surface area contributed by atoms with Crippen LogP contribution in [-0.2, 0) is 6.54 Å². The number of rotatable bonds is 5. The Bertz CT molecular complexity index is 599. The van der Waals surface area contributed by atoms with Gasteiger partial charge in [-0.3, -0.25) is 0 Å². The molecule has 6 nitrogen and oxygen atoms in total. The van der Waals surface area contributed by atoms with Crippen molar-refractivity contribution in [2.24, 2.45) is 0 Å². The number of amides is 2. The van der Waals surface area contributed by atoms with Crippen LogP contribution in [0.15, 0.2) is 29.0 Å². The highest BCUT2D eigenvalue weighted by Gasteiger charge is 2.07. The molecule has 108 valence electrons. The smallest absolute Gasteiger partial charge is 0.315 e. The molecule has 0 aliphatic carbocycles. The third kappa shape index (κ3) is 3.94. The van der Waals surface area contributed by atoms with Crippen molar-refractivity contribution in [3.8, 4) is 0 Å². The number of carbonyl (C=O) groups excluding carboxylic acids is 1. The van der Waals surface area contributed by atoms with Crippen LogP contribution in [0.3, 0.4) is 0 Å². The molecule has 0 spiro atoms. The number of fused-ring (bicyclic) bond motifs is 1. The second kappa shape index (κ2) is 6.71. The summed E-state index contributed by atoms with van der Waals surface area (Å²) in [6.07, 6.45) is 4.32. The van der Waals surface area contributed by atoms with E-state index in [9.17, 15) is 4.79 Å². The van der Waals surface area contributed by atoms with Crippen molar-refractivity contribution in [1.82, 2.24) is 20.0 Å². The molecule has 0 saturated carbocycles. The van der Waals surface area contributed by atoms with Crippen LogP contribution in [0.25, 0.3) is 5.65 Å². The molecule has 0 aliphatic heterocycles. The fourth-order valence-corrected chi connectivity index (χ4v) is 2.17. The molecule has 7 heteroatoms. The molecule has 0 saturated heterocycles. The third-order valence-corrected chi connectivity index (χ3v) is 3.30. The standard InChI is InChI=1S/C13H17BrN4O2/c1-9(4-5-19)16-13(20)15-6-11-8-18-7-10(14)2-3-12(18)17-11/h2-3,7-9,19H,4-6H2,1H3,(H2,15,16,20)/t9-/m1/s1. The Morgan fingerprint density at radius 2 is 2.30 bits per heavy atom. The topological polar surface area (TPSA) is 78.7 Å². The number of aromatic nitrogens is 2. The minimum atomic E-state index is -0.260. The minimum Gasteiger partial charge on any atom is -0.396 e. The van der Waals surface area contributed by atoms with Crippen LogP contribution in [0.4, 0.5) is 4.79 Å². The lowest BCUT2D eigenvalue weighted by atomic mass is 10.2.